The number of alkyl halides is 3. The summed E-state index contributed by atoms with van der Waals surface area (Å²) in [5.74, 6) is 5.84. The fourth-order valence-electron chi connectivity index (χ4n) is 5.86. The highest BCUT2D eigenvalue weighted by Gasteiger charge is 2.39. The van der Waals surface area contributed by atoms with Crippen LogP contribution in [-0.4, -0.2) is 80.0 Å². The molecule has 42 heavy (non-hydrogen) atoms. The first-order chi connectivity index (χ1) is 19.8. The molecule has 3 aromatic rings. The van der Waals surface area contributed by atoms with Crippen molar-refractivity contribution in [3.05, 3.63) is 47.8 Å². The number of methoxy groups -OCH3 is 1. The van der Waals surface area contributed by atoms with Gasteiger partial charge in [-0.15, -0.1) is 0 Å². The number of hydrogen-bond donors (Lipinski definition) is 2. The largest absolute Gasteiger partial charge is 0.495 e. The standard InChI is InChI=1S/C29H32F3N5O4S/c1-36-20-6-7-21(36)14-19(13-20)35-28(38)23-11-18(12-25-27(23)34-17-37(25)16-29(30,31)32)5-4-10-33-24-15-22(42(3,39)40)8-9-26(24)41-2/h8-9,11-12,15,17,19-21,33H,6-7,10,13-14,16H2,1-3H3,(H,35,38)/t19?,20-,21+. The molecule has 0 saturated carbocycles. The predicted molar refractivity (Wildman–Crippen MR) is 152 cm³/mol. The number of carbonyl (C=O) groups excluding carboxylic acids is 1. The van der Waals surface area contributed by atoms with Gasteiger partial charge in [-0.05, 0) is 63.1 Å². The summed E-state index contributed by atoms with van der Waals surface area (Å²) in [4.78, 5) is 20.1. The summed E-state index contributed by atoms with van der Waals surface area (Å²) < 4.78 is 70.0. The zero-order valence-corrected chi connectivity index (χ0v) is 24.3. The van der Waals surface area contributed by atoms with Gasteiger partial charge in [0.05, 0.1) is 41.6 Å². The van der Waals surface area contributed by atoms with Gasteiger partial charge in [-0.3, -0.25) is 4.79 Å². The van der Waals surface area contributed by atoms with E-state index in [0.29, 0.717) is 29.1 Å². The highest BCUT2D eigenvalue weighted by molar-refractivity contribution is 7.90. The van der Waals surface area contributed by atoms with Gasteiger partial charge in [-0.1, -0.05) is 11.8 Å². The third kappa shape index (κ3) is 6.50. The van der Waals surface area contributed by atoms with Crippen molar-refractivity contribution in [3.8, 4) is 17.6 Å². The molecule has 2 fully saturated rings. The Bertz CT molecular complexity index is 1660. The van der Waals surface area contributed by atoms with Crippen LogP contribution in [-0.2, 0) is 16.4 Å². The quantitative estimate of drug-likeness (QED) is 0.396. The van der Waals surface area contributed by atoms with Gasteiger partial charge in [-0.25, -0.2) is 13.4 Å². The van der Waals surface area contributed by atoms with Crippen LogP contribution in [0.4, 0.5) is 18.9 Å². The van der Waals surface area contributed by atoms with Gasteiger partial charge in [0.25, 0.3) is 5.91 Å². The Morgan fingerprint density at radius 1 is 1.17 bits per heavy atom. The van der Waals surface area contributed by atoms with E-state index < -0.39 is 28.5 Å². The van der Waals surface area contributed by atoms with E-state index in [0.717, 1.165) is 42.8 Å². The number of aromatic nitrogens is 2. The van der Waals surface area contributed by atoms with Crippen LogP contribution in [0.5, 0.6) is 5.75 Å². The van der Waals surface area contributed by atoms with Gasteiger partial charge >= 0.3 is 6.18 Å². The second-order valence-electron chi connectivity index (χ2n) is 10.9. The van der Waals surface area contributed by atoms with E-state index >= 15 is 0 Å². The minimum absolute atomic E-state index is 0.0323. The van der Waals surface area contributed by atoms with Crippen molar-refractivity contribution in [3.63, 3.8) is 0 Å². The van der Waals surface area contributed by atoms with E-state index in [1.807, 2.05) is 0 Å². The highest BCUT2D eigenvalue weighted by atomic mass is 32.2. The van der Waals surface area contributed by atoms with E-state index in [4.69, 9.17) is 4.74 Å². The average molecular weight is 604 g/mol. The summed E-state index contributed by atoms with van der Waals surface area (Å²) in [5, 5.41) is 6.11. The van der Waals surface area contributed by atoms with Crippen molar-refractivity contribution in [2.45, 2.75) is 61.4 Å². The molecule has 2 bridgehead atoms. The van der Waals surface area contributed by atoms with Gasteiger partial charge in [0.1, 0.15) is 17.8 Å². The van der Waals surface area contributed by atoms with Crippen molar-refractivity contribution < 1.29 is 31.1 Å². The van der Waals surface area contributed by atoms with Gasteiger partial charge < -0.3 is 24.8 Å². The number of hydrogen-bond acceptors (Lipinski definition) is 7. The molecule has 0 radical (unpaired) electrons. The van der Waals surface area contributed by atoms with Crippen molar-refractivity contribution in [2.75, 3.05) is 32.3 Å². The molecular formula is C29H32F3N5O4S. The number of nitrogens with zero attached hydrogens (tertiary/aromatic N) is 3. The highest BCUT2D eigenvalue weighted by Crippen LogP contribution is 2.34. The third-order valence-electron chi connectivity index (χ3n) is 7.95. The number of carbonyl (C=O) groups is 1. The average Bonchev–Trinajstić information content (AvgIpc) is 3.38. The zero-order chi connectivity index (χ0) is 30.2. The van der Waals surface area contributed by atoms with Gasteiger partial charge in [-0.2, -0.15) is 13.2 Å². The summed E-state index contributed by atoms with van der Waals surface area (Å²) in [6, 6.07) is 8.21. The second kappa shape index (κ2) is 11.5. The summed E-state index contributed by atoms with van der Waals surface area (Å²) in [6.45, 7) is -1.18. The zero-order valence-electron chi connectivity index (χ0n) is 23.5. The lowest BCUT2D eigenvalue weighted by atomic mass is 9.97. The number of halogens is 3. The number of fused-ring (bicyclic) bond motifs is 3. The molecule has 224 valence electrons. The fourth-order valence-corrected chi connectivity index (χ4v) is 6.51. The lowest BCUT2D eigenvalue weighted by molar-refractivity contribution is -0.139. The molecule has 1 aromatic heterocycles. The van der Waals surface area contributed by atoms with E-state index in [9.17, 15) is 26.4 Å². The van der Waals surface area contributed by atoms with Gasteiger partial charge in [0.15, 0.2) is 9.84 Å². The van der Waals surface area contributed by atoms with Crippen molar-refractivity contribution in [1.82, 2.24) is 19.8 Å². The SMILES string of the molecule is COc1ccc(S(C)(=O)=O)cc1NCC#Cc1cc(C(=O)NC2C[C@H]3CC[C@@H](C2)N3C)c2ncn(CC(F)(F)F)c2c1. The van der Waals surface area contributed by atoms with Gasteiger partial charge in [0.2, 0.25) is 0 Å². The summed E-state index contributed by atoms with van der Waals surface area (Å²) in [6.07, 6.45) is 1.52. The molecule has 2 aromatic carbocycles. The van der Waals surface area contributed by atoms with Crippen molar-refractivity contribution in [2.24, 2.45) is 0 Å². The number of nitrogens with one attached hydrogen (secondary N) is 2. The van der Waals surface area contributed by atoms with Crippen LogP contribution < -0.4 is 15.4 Å². The molecule has 2 aliphatic heterocycles. The van der Waals surface area contributed by atoms with Crippen LogP contribution in [0.25, 0.3) is 11.0 Å². The first-order valence-electron chi connectivity index (χ1n) is 13.5. The van der Waals surface area contributed by atoms with Gasteiger partial charge in [0, 0.05) is 29.9 Å². The topological polar surface area (TPSA) is 106 Å². The fraction of sp³-hybridized carbons (Fsp3) is 0.448. The van der Waals surface area contributed by atoms with Crippen molar-refractivity contribution >= 4 is 32.5 Å². The molecule has 13 heteroatoms. The summed E-state index contributed by atoms with van der Waals surface area (Å²) >= 11 is 0. The maximum atomic E-state index is 13.5. The van der Waals surface area contributed by atoms with E-state index in [1.165, 1.54) is 31.4 Å². The third-order valence-corrected chi connectivity index (χ3v) is 9.06. The second-order valence-corrected chi connectivity index (χ2v) is 12.9. The summed E-state index contributed by atoms with van der Waals surface area (Å²) in [5.41, 5.74) is 1.26. The monoisotopic (exact) mass is 603 g/mol. The lowest BCUT2D eigenvalue weighted by Crippen LogP contribution is -2.48. The Morgan fingerprint density at radius 3 is 2.52 bits per heavy atom. The number of imidazole rings is 1. The molecule has 2 N–H and O–H groups in total. The van der Waals surface area contributed by atoms with E-state index in [2.05, 4.69) is 39.4 Å². The first kappa shape index (κ1) is 29.7. The molecule has 2 saturated heterocycles. The Balaban J connectivity index is 1.41. The molecular weight excluding hydrogens is 571 g/mol. The molecule has 0 spiro atoms. The molecule has 9 nitrogen and oxygen atoms in total. The molecule has 3 atom stereocenters. The van der Waals surface area contributed by atoms with Crippen LogP contribution in [0.2, 0.25) is 0 Å². The normalized spacial score (nSPS) is 20.7. The lowest BCUT2D eigenvalue weighted by Gasteiger charge is -2.36. The Labute approximate surface area is 242 Å². The number of rotatable bonds is 7. The number of piperidine rings is 1. The van der Waals surface area contributed by atoms with Crippen LogP contribution in [0.15, 0.2) is 41.6 Å². The number of amides is 1. The Morgan fingerprint density at radius 2 is 1.88 bits per heavy atom. The number of sulfone groups is 1. The number of anilines is 1. The predicted octanol–water partition coefficient (Wildman–Crippen LogP) is 3.83. The minimum atomic E-state index is -4.48. The Hall–Kier alpha value is -3.76. The van der Waals surface area contributed by atoms with Crippen LogP contribution in [0, 0.1) is 11.8 Å². The Kier molecular flexibility index (Phi) is 8.13. The maximum Gasteiger partial charge on any atom is 0.406 e. The number of benzene rings is 2. The van der Waals surface area contributed by atoms with Crippen LogP contribution in [0.3, 0.4) is 0 Å². The van der Waals surface area contributed by atoms with Crippen molar-refractivity contribution in [1.29, 1.82) is 0 Å². The summed E-state index contributed by atoms with van der Waals surface area (Å²) in [7, 11) is 0.111. The molecule has 5 rings (SSSR count). The molecule has 2 aliphatic rings. The van der Waals surface area contributed by atoms with Crippen LogP contribution in [0.1, 0.15) is 41.6 Å². The number of ether oxygens (including phenoxy) is 1. The molecule has 3 heterocycles. The minimum Gasteiger partial charge on any atom is -0.495 e. The molecule has 1 unspecified atom stereocenters. The van der Waals surface area contributed by atoms with E-state index in [1.54, 1.807) is 6.07 Å². The molecule has 0 aliphatic carbocycles. The smallest absolute Gasteiger partial charge is 0.406 e. The molecule has 1 amide bonds. The maximum absolute atomic E-state index is 13.5. The van der Waals surface area contributed by atoms with E-state index in [-0.39, 0.29) is 34.1 Å². The first-order valence-corrected chi connectivity index (χ1v) is 15.4. The van der Waals surface area contributed by atoms with Crippen LogP contribution >= 0.6 is 0 Å².